The summed E-state index contributed by atoms with van der Waals surface area (Å²) in [7, 11) is 0. The highest BCUT2D eigenvalue weighted by Gasteiger charge is 2.31. The maximum atomic E-state index is 13.2. The third-order valence-corrected chi connectivity index (χ3v) is 5.83. The van der Waals surface area contributed by atoms with Gasteiger partial charge in [0.25, 0.3) is 0 Å². The molecule has 0 fully saturated rings. The van der Waals surface area contributed by atoms with E-state index in [1.165, 1.54) is 0 Å². The van der Waals surface area contributed by atoms with E-state index >= 15 is 0 Å². The Morgan fingerprint density at radius 2 is 1.00 bits per heavy atom. The normalized spacial score (nSPS) is 12.2. The Hall–Kier alpha value is -4.51. The Bertz CT molecular complexity index is 1270. The van der Waals surface area contributed by atoms with Crippen LogP contribution in [0, 0.1) is 0 Å². The van der Waals surface area contributed by atoms with Gasteiger partial charge in [-0.25, -0.2) is 9.59 Å². The molecular formula is C31H26O5. The Balaban J connectivity index is 1.63. The first kappa shape index (κ1) is 24.6. The molecule has 0 aliphatic carbocycles. The monoisotopic (exact) mass is 478 g/mol. The highest BCUT2D eigenvalue weighted by atomic mass is 16.6. The van der Waals surface area contributed by atoms with Crippen molar-refractivity contribution in [3.05, 3.63) is 144 Å². The van der Waals surface area contributed by atoms with E-state index in [1.54, 1.807) is 78.9 Å². The van der Waals surface area contributed by atoms with Crippen LogP contribution in [0.4, 0.5) is 0 Å². The van der Waals surface area contributed by atoms with Crippen molar-refractivity contribution in [1.29, 1.82) is 0 Å². The fraction of sp³-hybridized carbons (Fsp3) is 0.129. The van der Waals surface area contributed by atoms with Gasteiger partial charge in [-0.3, -0.25) is 4.79 Å². The number of ether oxygens (including phenoxy) is 2. The van der Waals surface area contributed by atoms with Gasteiger partial charge in [-0.05, 0) is 29.8 Å². The van der Waals surface area contributed by atoms with Gasteiger partial charge in [0.2, 0.25) is 0 Å². The van der Waals surface area contributed by atoms with Crippen molar-refractivity contribution >= 4 is 17.7 Å². The second-order valence-corrected chi connectivity index (χ2v) is 8.28. The van der Waals surface area contributed by atoms with Crippen LogP contribution in [0.1, 0.15) is 49.0 Å². The topological polar surface area (TPSA) is 69.7 Å². The minimum Gasteiger partial charge on any atom is -0.458 e. The van der Waals surface area contributed by atoms with Crippen molar-refractivity contribution in [3.8, 4) is 0 Å². The van der Waals surface area contributed by atoms with Gasteiger partial charge in [0, 0.05) is 17.9 Å². The lowest BCUT2D eigenvalue weighted by Crippen LogP contribution is -2.33. The van der Waals surface area contributed by atoms with E-state index < -0.39 is 24.0 Å². The second kappa shape index (κ2) is 12.3. The van der Waals surface area contributed by atoms with E-state index in [0.29, 0.717) is 16.7 Å². The lowest BCUT2D eigenvalue weighted by atomic mass is 9.87. The number of hydrogen-bond acceptors (Lipinski definition) is 5. The van der Waals surface area contributed by atoms with Crippen LogP contribution >= 0.6 is 0 Å². The van der Waals surface area contributed by atoms with Crippen LogP contribution < -0.4 is 0 Å². The smallest absolute Gasteiger partial charge is 0.338 e. The fourth-order valence-corrected chi connectivity index (χ4v) is 3.93. The molecule has 0 saturated heterocycles. The predicted octanol–water partition coefficient (Wildman–Crippen LogP) is 6.13. The first-order valence-corrected chi connectivity index (χ1v) is 11.7. The van der Waals surface area contributed by atoms with E-state index in [1.807, 2.05) is 42.5 Å². The number of carbonyl (C=O) groups is 3. The molecule has 0 bridgehead atoms. The van der Waals surface area contributed by atoms with Crippen molar-refractivity contribution in [2.45, 2.75) is 18.4 Å². The first-order valence-electron chi connectivity index (χ1n) is 11.7. The SMILES string of the molecule is O=C(C[C@H](c1ccccc1)[C@@H](COC(=O)c1ccccc1)OC(=O)c1ccccc1)c1ccccc1. The molecule has 4 aromatic carbocycles. The molecule has 5 heteroatoms. The lowest BCUT2D eigenvalue weighted by Gasteiger charge is -2.27. The van der Waals surface area contributed by atoms with Gasteiger partial charge >= 0.3 is 11.9 Å². The molecule has 0 saturated carbocycles. The molecule has 4 rings (SSSR count). The van der Waals surface area contributed by atoms with Gasteiger partial charge in [-0.1, -0.05) is 97.1 Å². The minimum absolute atomic E-state index is 0.0731. The Morgan fingerprint density at radius 3 is 1.53 bits per heavy atom. The summed E-state index contributed by atoms with van der Waals surface area (Å²) in [6.45, 7) is -0.200. The van der Waals surface area contributed by atoms with Gasteiger partial charge in [-0.15, -0.1) is 0 Å². The van der Waals surface area contributed by atoms with Crippen molar-refractivity contribution in [2.75, 3.05) is 6.61 Å². The van der Waals surface area contributed by atoms with Crippen LogP contribution in [0.5, 0.6) is 0 Å². The van der Waals surface area contributed by atoms with Crippen molar-refractivity contribution in [3.63, 3.8) is 0 Å². The Kier molecular flexibility index (Phi) is 8.39. The molecule has 0 spiro atoms. The Morgan fingerprint density at radius 1 is 0.556 bits per heavy atom. The molecule has 0 N–H and O–H groups in total. The molecule has 0 aromatic heterocycles. The number of rotatable bonds is 10. The first-order chi connectivity index (χ1) is 17.6. The maximum absolute atomic E-state index is 13.2. The van der Waals surface area contributed by atoms with E-state index in [-0.39, 0.29) is 18.8 Å². The molecule has 0 aliphatic heterocycles. The van der Waals surface area contributed by atoms with E-state index in [0.717, 1.165) is 5.56 Å². The van der Waals surface area contributed by atoms with E-state index in [9.17, 15) is 14.4 Å². The molecule has 0 aliphatic rings. The summed E-state index contributed by atoms with van der Waals surface area (Å²) in [5.74, 6) is -1.71. The maximum Gasteiger partial charge on any atom is 0.338 e. The number of hydrogen-bond donors (Lipinski definition) is 0. The van der Waals surface area contributed by atoms with E-state index in [2.05, 4.69) is 0 Å². The van der Waals surface area contributed by atoms with Crippen molar-refractivity contribution in [2.24, 2.45) is 0 Å². The third kappa shape index (κ3) is 6.54. The molecule has 180 valence electrons. The summed E-state index contributed by atoms with van der Waals surface area (Å²) in [6.07, 6.45) is -0.815. The van der Waals surface area contributed by atoms with Crippen LogP contribution in [-0.4, -0.2) is 30.4 Å². The van der Waals surface area contributed by atoms with Crippen LogP contribution in [-0.2, 0) is 9.47 Å². The van der Waals surface area contributed by atoms with Crippen LogP contribution in [0.25, 0.3) is 0 Å². The zero-order valence-corrected chi connectivity index (χ0v) is 19.7. The summed E-state index contributed by atoms with van der Waals surface area (Å²) in [5, 5.41) is 0. The standard InChI is InChI=1S/C31H26O5/c32-28(24-15-7-2-8-16-24)21-27(23-13-5-1-6-14-23)29(36-31(34)26-19-11-4-12-20-26)22-35-30(33)25-17-9-3-10-18-25/h1-20,27,29H,21-22H2/t27-,29-/m1/s1. The highest BCUT2D eigenvalue weighted by Crippen LogP contribution is 2.29. The van der Waals surface area contributed by atoms with E-state index in [4.69, 9.17) is 9.47 Å². The molecule has 0 heterocycles. The molecule has 5 nitrogen and oxygen atoms in total. The van der Waals surface area contributed by atoms with Gasteiger partial charge in [0.15, 0.2) is 5.78 Å². The third-order valence-electron chi connectivity index (χ3n) is 5.83. The summed E-state index contributed by atoms with van der Waals surface area (Å²) < 4.78 is 11.5. The number of Topliss-reactive ketones (excluding diaryl/α,β-unsaturated/α-hetero) is 1. The lowest BCUT2D eigenvalue weighted by molar-refractivity contribution is -0.00897. The Labute approximate surface area is 210 Å². The molecule has 36 heavy (non-hydrogen) atoms. The number of ketones is 1. The summed E-state index contributed by atoms with van der Waals surface area (Å²) in [5.41, 5.74) is 2.14. The summed E-state index contributed by atoms with van der Waals surface area (Å²) in [4.78, 5) is 38.9. The predicted molar refractivity (Wildman–Crippen MR) is 137 cm³/mol. The van der Waals surface area contributed by atoms with Gasteiger partial charge in [0.1, 0.15) is 12.7 Å². The molecular weight excluding hydrogens is 452 g/mol. The van der Waals surface area contributed by atoms with Gasteiger partial charge in [-0.2, -0.15) is 0 Å². The summed E-state index contributed by atoms with van der Waals surface area (Å²) in [6, 6.07) is 35.5. The average Bonchev–Trinajstić information content (AvgIpc) is 2.95. The molecule has 4 aromatic rings. The van der Waals surface area contributed by atoms with Crippen LogP contribution in [0.15, 0.2) is 121 Å². The minimum atomic E-state index is -0.888. The highest BCUT2D eigenvalue weighted by molar-refractivity contribution is 5.96. The largest absolute Gasteiger partial charge is 0.458 e. The van der Waals surface area contributed by atoms with Crippen molar-refractivity contribution < 1.29 is 23.9 Å². The second-order valence-electron chi connectivity index (χ2n) is 8.28. The van der Waals surface area contributed by atoms with Crippen molar-refractivity contribution in [1.82, 2.24) is 0 Å². The summed E-state index contributed by atoms with van der Waals surface area (Å²) >= 11 is 0. The average molecular weight is 479 g/mol. The molecule has 0 radical (unpaired) electrons. The molecule has 0 amide bonds. The zero-order chi connectivity index (χ0) is 25.2. The van der Waals surface area contributed by atoms with Gasteiger partial charge in [0.05, 0.1) is 11.1 Å². The fourth-order valence-electron chi connectivity index (χ4n) is 3.93. The number of benzene rings is 4. The zero-order valence-electron chi connectivity index (χ0n) is 19.7. The number of esters is 2. The number of carbonyl (C=O) groups excluding carboxylic acids is 3. The van der Waals surface area contributed by atoms with Crippen LogP contribution in [0.3, 0.4) is 0 Å². The van der Waals surface area contributed by atoms with Gasteiger partial charge < -0.3 is 9.47 Å². The molecule has 2 atom stereocenters. The van der Waals surface area contributed by atoms with Crippen LogP contribution in [0.2, 0.25) is 0 Å². The quantitative estimate of drug-likeness (QED) is 0.203. The molecule has 0 unspecified atom stereocenters.